The van der Waals surface area contributed by atoms with E-state index in [1.807, 2.05) is 0 Å². The van der Waals surface area contributed by atoms with Gasteiger partial charge in [0.05, 0.1) is 0 Å². The fraction of sp³-hybridized carbons (Fsp3) is 0.600. The van der Waals surface area contributed by atoms with Gasteiger partial charge in [-0.1, -0.05) is 32.0 Å². The molecule has 0 aliphatic carbocycles. The Labute approximate surface area is 106 Å². The second-order valence-corrected chi connectivity index (χ2v) is 4.83. The second kappa shape index (κ2) is 7.33. The van der Waals surface area contributed by atoms with Crippen molar-refractivity contribution in [1.29, 1.82) is 0 Å². The van der Waals surface area contributed by atoms with Crippen molar-refractivity contribution in [2.24, 2.45) is 5.92 Å². The summed E-state index contributed by atoms with van der Waals surface area (Å²) in [6.45, 7) is 13.1. The van der Waals surface area contributed by atoms with E-state index in [4.69, 9.17) is 0 Å². The Bertz CT molecular complexity index is 316. The topological polar surface area (TPSA) is 15.3 Å². The fourth-order valence-electron chi connectivity index (χ4n) is 2.03. The smallest absolute Gasteiger partial charge is 0.0411 e. The molecule has 0 saturated carbocycles. The summed E-state index contributed by atoms with van der Waals surface area (Å²) in [4.78, 5) is 2.41. The first kappa shape index (κ1) is 14.0. The molecule has 0 bridgehead atoms. The van der Waals surface area contributed by atoms with Crippen LogP contribution in [0.1, 0.15) is 33.3 Å². The van der Waals surface area contributed by atoms with Crippen LogP contribution in [0.3, 0.4) is 0 Å². The van der Waals surface area contributed by atoms with Crippen molar-refractivity contribution in [3.05, 3.63) is 29.8 Å². The van der Waals surface area contributed by atoms with Gasteiger partial charge in [0, 0.05) is 25.3 Å². The van der Waals surface area contributed by atoms with Gasteiger partial charge in [0.1, 0.15) is 0 Å². The van der Waals surface area contributed by atoms with E-state index >= 15 is 0 Å². The van der Waals surface area contributed by atoms with Crippen molar-refractivity contribution in [2.75, 3.05) is 24.5 Å². The molecule has 0 fully saturated rings. The lowest BCUT2D eigenvalue weighted by molar-refractivity contribution is 0.552. The highest BCUT2D eigenvalue weighted by Crippen LogP contribution is 2.19. The van der Waals surface area contributed by atoms with Gasteiger partial charge < -0.3 is 10.2 Å². The molecule has 0 radical (unpaired) electrons. The van der Waals surface area contributed by atoms with Crippen LogP contribution in [0.4, 0.5) is 5.69 Å². The molecule has 0 saturated heterocycles. The van der Waals surface area contributed by atoms with Gasteiger partial charge in [0.2, 0.25) is 0 Å². The lowest BCUT2D eigenvalue weighted by Gasteiger charge is -2.24. The predicted octanol–water partition coefficient (Wildman–Crippen LogP) is 3.28. The SMILES string of the molecule is CCN(CC)c1ccccc1CNCC(C)C. The number of benzene rings is 1. The zero-order valence-corrected chi connectivity index (χ0v) is 11.7. The minimum atomic E-state index is 0.704. The summed E-state index contributed by atoms with van der Waals surface area (Å²) in [6, 6.07) is 8.69. The van der Waals surface area contributed by atoms with E-state index in [2.05, 4.69) is 62.2 Å². The van der Waals surface area contributed by atoms with E-state index in [1.165, 1.54) is 11.3 Å². The fourth-order valence-corrected chi connectivity index (χ4v) is 2.03. The monoisotopic (exact) mass is 234 g/mol. The van der Waals surface area contributed by atoms with Crippen LogP contribution >= 0.6 is 0 Å². The molecule has 0 aliphatic heterocycles. The van der Waals surface area contributed by atoms with E-state index in [-0.39, 0.29) is 0 Å². The molecule has 0 aromatic heterocycles. The highest BCUT2D eigenvalue weighted by molar-refractivity contribution is 5.53. The van der Waals surface area contributed by atoms with Crippen LogP contribution in [0.25, 0.3) is 0 Å². The summed E-state index contributed by atoms with van der Waals surface area (Å²) >= 11 is 0. The van der Waals surface area contributed by atoms with E-state index in [0.29, 0.717) is 5.92 Å². The molecule has 0 unspecified atom stereocenters. The van der Waals surface area contributed by atoms with Gasteiger partial charge in [-0.05, 0) is 37.9 Å². The third-order valence-corrected chi connectivity index (χ3v) is 2.96. The molecule has 1 rings (SSSR count). The van der Waals surface area contributed by atoms with Crippen molar-refractivity contribution < 1.29 is 0 Å². The maximum absolute atomic E-state index is 3.52. The molecule has 1 aromatic carbocycles. The number of rotatable bonds is 7. The Balaban J connectivity index is 2.70. The lowest BCUT2D eigenvalue weighted by Crippen LogP contribution is -2.25. The van der Waals surface area contributed by atoms with Crippen LogP contribution in [0, 0.1) is 5.92 Å². The largest absolute Gasteiger partial charge is 0.372 e. The normalized spacial score (nSPS) is 10.9. The van der Waals surface area contributed by atoms with Crippen LogP contribution in [-0.4, -0.2) is 19.6 Å². The summed E-state index contributed by atoms with van der Waals surface area (Å²) in [5.41, 5.74) is 2.77. The molecule has 1 aromatic rings. The summed E-state index contributed by atoms with van der Waals surface area (Å²) in [6.07, 6.45) is 0. The van der Waals surface area contributed by atoms with Crippen molar-refractivity contribution in [3.63, 3.8) is 0 Å². The molecule has 0 heterocycles. The molecule has 1 N–H and O–H groups in total. The maximum Gasteiger partial charge on any atom is 0.0411 e. The number of hydrogen-bond acceptors (Lipinski definition) is 2. The Morgan fingerprint density at radius 3 is 2.35 bits per heavy atom. The molecule has 96 valence electrons. The number of anilines is 1. The molecule has 0 aliphatic rings. The summed E-state index contributed by atoms with van der Waals surface area (Å²) in [7, 11) is 0. The van der Waals surface area contributed by atoms with Gasteiger partial charge in [-0.2, -0.15) is 0 Å². The van der Waals surface area contributed by atoms with E-state index in [9.17, 15) is 0 Å². The molecular weight excluding hydrogens is 208 g/mol. The van der Waals surface area contributed by atoms with Crippen molar-refractivity contribution in [3.8, 4) is 0 Å². The standard InChI is InChI=1S/C15H26N2/c1-5-17(6-2)15-10-8-7-9-14(15)12-16-11-13(3)4/h7-10,13,16H,5-6,11-12H2,1-4H3. The zero-order valence-electron chi connectivity index (χ0n) is 11.7. The third kappa shape index (κ3) is 4.39. The maximum atomic E-state index is 3.52. The Hall–Kier alpha value is -1.02. The van der Waals surface area contributed by atoms with Gasteiger partial charge in [-0.25, -0.2) is 0 Å². The lowest BCUT2D eigenvalue weighted by atomic mass is 10.1. The summed E-state index contributed by atoms with van der Waals surface area (Å²) in [5, 5.41) is 3.52. The zero-order chi connectivity index (χ0) is 12.7. The first-order valence-corrected chi connectivity index (χ1v) is 6.72. The van der Waals surface area contributed by atoms with Gasteiger partial charge in [0.25, 0.3) is 0 Å². The average molecular weight is 234 g/mol. The number of hydrogen-bond donors (Lipinski definition) is 1. The molecule has 0 atom stereocenters. The van der Waals surface area contributed by atoms with Crippen LogP contribution in [0.5, 0.6) is 0 Å². The van der Waals surface area contributed by atoms with Gasteiger partial charge in [0.15, 0.2) is 0 Å². The van der Waals surface area contributed by atoms with Gasteiger partial charge in [-0.3, -0.25) is 0 Å². The van der Waals surface area contributed by atoms with Crippen LogP contribution in [0.15, 0.2) is 24.3 Å². The van der Waals surface area contributed by atoms with Crippen molar-refractivity contribution in [2.45, 2.75) is 34.2 Å². The number of nitrogens with zero attached hydrogens (tertiary/aromatic N) is 1. The van der Waals surface area contributed by atoms with Crippen LogP contribution < -0.4 is 10.2 Å². The Morgan fingerprint density at radius 2 is 1.76 bits per heavy atom. The van der Waals surface area contributed by atoms with E-state index < -0.39 is 0 Å². The molecule has 0 spiro atoms. The van der Waals surface area contributed by atoms with Crippen LogP contribution in [-0.2, 0) is 6.54 Å². The van der Waals surface area contributed by atoms with E-state index in [0.717, 1.165) is 26.2 Å². The molecule has 2 heteroatoms. The first-order chi connectivity index (χ1) is 8.19. The number of para-hydroxylation sites is 1. The minimum Gasteiger partial charge on any atom is -0.372 e. The average Bonchev–Trinajstić information content (AvgIpc) is 2.32. The predicted molar refractivity (Wildman–Crippen MR) is 76.5 cm³/mol. The number of nitrogens with one attached hydrogen (secondary N) is 1. The van der Waals surface area contributed by atoms with E-state index in [1.54, 1.807) is 0 Å². The Morgan fingerprint density at radius 1 is 1.12 bits per heavy atom. The first-order valence-electron chi connectivity index (χ1n) is 6.72. The van der Waals surface area contributed by atoms with Gasteiger partial charge in [-0.15, -0.1) is 0 Å². The molecule has 0 amide bonds. The highest BCUT2D eigenvalue weighted by Gasteiger charge is 2.07. The molecule has 2 nitrogen and oxygen atoms in total. The van der Waals surface area contributed by atoms with Crippen LogP contribution in [0.2, 0.25) is 0 Å². The molecular formula is C15H26N2. The highest BCUT2D eigenvalue weighted by atomic mass is 15.1. The summed E-state index contributed by atoms with van der Waals surface area (Å²) < 4.78 is 0. The third-order valence-electron chi connectivity index (χ3n) is 2.96. The van der Waals surface area contributed by atoms with Gasteiger partial charge >= 0.3 is 0 Å². The minimum absolute atomic E-state index is 0.704. The second-order valence-electron chi connectivity index (χ2n) is 4.83. The quantitative estimate of drug-likeness (QED) is 0.779. The Kier molecular flexibility index (Phi) is 6.06. The van der Waals surface area contributed by atoms with Crippen molar-refractivity contribution >= 4 is 5.69 Å². The molecule has 17 heavy (non-hydrogen) atoms. The van der Waals surface area contributed by atoms with Crippen molar-refractivity contribution in [1.82, 2.24) is 5.32 Å². The summed E-state index contributed by atoms with van der Waals surface area (Å²) in [5.74, 6) is 0.704.